The number of rotatable bonds is 5. The van der Waals surface area contributed by atoms with Crippen LogP contribution in [-0.4, -0.2) is 35.9 Å². The standard InChI is InChI=1S/C10H13Cl2N3O2/c1-3-6(5-17-2)13-10(16)7-4-8(11)14-15-9(7)12/h4,6H,3,5H2,1-2H3,(H,13,16). The zero-order valence-electron chi connectivity index (χ0n) is 9.54. The third kappa shape index (κ3) is 4.11. The lowest BCUT2D eigenvalue weighted by Gasteiger charge is -2.16. The number of hydrogen-bond acceptors (Lipinski definition) is 4. The molecule has 94 valence electrons. The summed E-state index contributed by atoms with van der Waals surface area (Å²) in [4.78, 5) is 11.9. The summed E-state index contributed by atoms with van der Waals surface area (Å²) in [6.45, 7) is 2.38. The molecular weight excluding hydrogens is 265 g/mol. The van der Waals surface area contributed by atoms with E-state index in [0.717, 1.165) is 6.42 Å². The second kappa shape index (κ2) is 6.74. The SMILES string of the molecule is CCC(COC)NC(=O)c1cc(Cl)nnc1Cl. The summed E-state index contributed by atoms with van der Waals surface area (Å²) in [5.74, 6) is -0.337. The van der Waals surface area contributed by atoms with Gasteiger partial charge in [0.05, 0.1) is 18.2 Å². The molecule has 0 aliphatic carbocycles. The second-order valence-electron chi connectivity index (χ2n) is 3.41. The maximum absolute atomic E-state index is 11.9. The monoisotopic (exact) mass is 277 g/mol. The maximum Gasteiger partial charge on any atom is 0.254 e. The topological polar surface area (TPSA) is 64.1 Å². The van der Waals surface area contributed by atoms with Crippen LogP contribution in [0.25, 0.3) is 0 Å². The summed E-state index contributed by atoms with van der Waals surface area (Å²) < 4.78 is 4.98. The molecule has 1 aromatic rings. The van der Waals surface area contributed by atoms with Gasteiger partial charge in [0.1, 0.15) is 0 Å². The largest absolute Gasteiger partial charge is 0.383 e. The Hall–Kier alpha value is -0.910. The van der Waals surface area contributed by atoms with Crippen molar-refractivity contribution in [3.05, 3.63) is 21.9 Å². The number of amides is 1. The van der Waals surface area contributed by atoms with Crippen LogP contribution in [0.1, 0.15) is 23.7 Å². The number of carbonyl (C=O) groups is 1. The van der Waals surface area contributed by atoms with E-state index < -0.39 is 0 Å². The van der Waals surface area contributed by atoms with Crippen LogP contribution in [-0.2, 0) is 4.74 Å². The minimum absolute atomic E-state index is 0.0270. The van der Waals surface area contributed by atoms with Gasteiger partial charge in [0, 0.05) is 7.11 Å². The van der Waals surface area contributed by atoms with Gasteiger partial charge in [-0.15, -0.1) is 10.2 Å². The Morgan fingerprint density at radius 3 is 2.82 bits per heavy atom. The predicted octanol–water partition coefficient (Wildman–Crippen LogP) is 1.94. The molecule has 7 heteroatoms. The van der Waals surface area contributed by atoms with E-state index in [1.54, 1.807) is 7.11 Å². The van der Waals surface area contributed by atoms with Gasteiger partial charge < -0.3 is 10.1 Å². The second-order valence-corrected chi connectivity index (χ2v) is 4.15. The van der Waals surface area contributed by atoms with Crippen LogP contribution in [0.15, 0.2) is 6.07 Å². The number of hydrogen-bond donors (Lipinski definition) is 1. The number of ether oxygens (including phenoxy) is 1. The number of nitrogens with zero attached hydrogens (tertiary/aromatic N) is 2. The lowest BCUT2D eigenvalue weighted by molar-refractivity contribution is 0.0894. The van der Waals surface area contributed by atoms with Crippen molar-refractivity contribution in [2.45, 2.75) is 19.4 Å². The first-order valence-electron chi connectivity index (χ1n) is 5.07. The first kappa shape index (κ1) is 14.2. The van der Waals surface area contributed by atoms with E-state index in [4.69, 9.17) is 27.9 Å². The van der Waals surface area contributed by atoms with Gasteiger partial charge in [0.15, 0.2) is 10.3 Å². The van der Waals surface area contributed by atoms with Gasteiger partial charge in [-0.1, -0.05) is 30.1 Å². The maximum atomic E-state index is 11.9. The van der Waals surface area contributed by atoms with Crippen molar-refractivity contribution in [3.8, 4) is 0 Å². The normalized spacial score (nSPS) is 12.2. The molecule has 1 atom stereocenters. The number of nitrogens with one attached hydrogen (secondary N) is 1. The van der Waals surface area contributed by atoms with Gasteiger partial charge in [-0.3, -0.25) is 4.79 Å². The first-order valence-corrected chi connectivity index (χ1v) is 5.82. The Labute approximate surface area is 109 Å². The van der Waals surface area contributed by atoms with Crippen LogP contribution < -0.4 is 5.32 Å². The molecule has 0 bridgehead atoms. The summed E-state index contributed by atoms with van der Waals surface area (Å²) >= 11 is 11.4. The van der Waals surface area contributed by atoms with Gasteiger partial charge in [0.25, 0.3) is 5.91 Å². The molecule has 0 spiro atoms. The van der Waals surface area contributed by atoms with E-state index in [1.807, 2.05) is 6.92 Å². The minimum atomic E-state index is -0.337. The molecule has 1 unspecified atom stereocenters. The Kier molecular flexibility index (Phi) is 5.61. The highest BCUT2D eigenvalue weighted by Crippen LogP contribution is 2.15. The predicted molar refractivity (Wildman–Crippen MR) is 65.5 cm³/mol. The van der Waals surface area contributed by atoms with Crippen molar-refractivity contribution in [1.29, 1.82) is 0 Å². The van der Waals surface area contributed by atoms with Gasteiger partial charge >= 0.3 is 0 Å². The van der Waals surface area contributed by atoms with E-state index in [1.165, 1.54) is 6.07 Å². The summed E-state index contributed by atoms with van der Waals surface area (Å²) in [7, 11) is 1.58. The molecule has 5 nitrogen and oxygen atoms in total. The van der Waals surface area contributed by atoms with Crippen LogP contribution in [0.4, 0.5) is 0 Å². The average molecular weight is 278 g/mol. The highest BCUT2D eigenvalue weighted by molar-refractivity contribution is 6.34. The number of carbonyl (C=O) groups excluding carboxylic acids is 1. The van der Waals surface area contributed by atoms with Crippen molar-refractivity contribution in [3.63, 3.8) is 0 Å². The van der Waals surface area contributed by atoms with Gasteiger partial charge in [-0.05, 0) is 12.5 Å². The fourth-order valence-electron chi connectivity index (χ4n) is 1.24. The fourth-order valence-corrected chi connectivity index (χ4v) is 1.56. The Bertz CT molecular complexity index is 401. The van der Waals surface area contributed by atoms with Crippen molar-refractivity contribution in [2.75, 3.05) is 13.7 Å². The molecule has 0 fully saturated rings. The quantitative estimate of drug-likeness (QED) is 0.894. The summed E-state index contributed by atoms with van der Waals surface area (Å²) in [6, 6.07) is 1.31. The van der Waals surface area contributed by atoms with Crippen molar-refractivity contribution in [1.82, 2.24) is 15.5 Å². The lowest BCUT2D eigenvalue weighted by Crippen LogP contribution is -2.37. The van der Waals surface area contributed by atoms with Gasteiger partial charge in [-0.2, -0.15) is 0 Å². The molecular formula is C10H13Cl2N3O2. The van der Waals surface area contributed by atoms with Crippen molar-refractivity contribution < 1.29 is 9.53 Å². The Balaban J connectivity index is 2.78. The molecule has 0 radical (unpaired) electrons. The zero-order valence-corrected chi connectivity index (χ0v) is 11.0. The van der Waals surface area contributed by atoms with Gasteiger partial charge in [-0.25, -0.2) is 0 Å². The lowest BCUT2D eigenvalue weighted by atomic mass is 10.2. The molecule has 0 aliphatic rings. The van der Waals surface area contributed by atoms with E-state index >= 15 is 0 Å². The van der Waals surface area contributed by atoms with Crippen molar-refractivity contribution in [2.24, 2.45) is 0 Å². The number of halogens is 2. The average Bonchev–Trinajstić information content (AvgIpc) is 2.31. The van der Waals surface area contributed by atoms with Crippen LogP contribution in [0, 0.1) is 0 Å². The molecule has 1 rings (SSSR count). The third-order valence-corrected chi connectivity index (χ3v) is 2.62. The molecule has 17 heavy (non-hydrogen) atoms. The summed E-state index contributed by atoms with van der Waals surface area (Å²) in [5.41, 5.74) is 0.209. The molecule has 1 N–H and O–H groups in total. The molecule has 1 heterocycles. The fraction of sp³-hybridized carbons (Fsp3) is 0.500. The molecule has 0 aromatic carbocycles. The zero-order chi connectivity index (χ0) is 12.8. The van der Waals surface area contributed by atoms with Crippen LogP contribution in [0.5, 0.6) is 0 Å². The highest BCUT2D eigenvalue weighted by Gasteiger charge is 2.16. The van der Waals surface area contributed by atoms with Crippen molar-refractivity contribution >= 4 is 29.1 Å². The number of aromatic nitrogens is 2. The van der Waals surface area contributed by atoms with E-state index in [9.17, 15) is 4.79 Å². The van der Waals surface area contributed by atoms with Crippen LogP contribution in [0.3, 0.4) is 0 Å². The molecule has 1 amide bonds. The van der Waals surface area contributed by atoms with Crippen LogP contribution in [0.2, 0.25) is 10.3 Å². The minimum Gasteiger partial charge on any atom is -0.383 e. The molecule has 0 saturated heterocycles. The first-order chi connectivity index (χ1) is 8.08. The van der Waals surface area contributed by atoms with E-state index in [-0.39, 0.29) is 27.8 Å². The van der Waals surface area contributed by atoms with E-state index in [0.29, 0.717) is 6.61 Å². The molecule has 0 saturated carbocycles. The third-order valence-electron chi connectivity index (χ3n) is 2.16. The Morgan fingerprint density at radius 2 is 2.24 bits per heavy atom. The van der Waals surface area contributed by atoms with E-state index in [2.05, 4.69) is 15.5 Å². The van der Waals surface area contributed by atoms with Gasteiger partial charge in [0.2, 0.25) is 0 Å². The molecule has 0 aliphatic heterocycles. The number of methoxy groups -OCH3 is 1. The summed E-state index contributed by atoms with van der Waals surface area (Å²) in [5, 5.41) is 10.0. The highest BCUT2D eigenvalue weighted by atomic mass is 35.5. The van der Waals surface area contributed by atoms with Crippen LogP contribution >= 0.6 is 23.2 Å². The Morgan fingerprint density at radius 1 is 1.53 bits per heavy atom. The summed E-state index contributed by atoms with van der Waals surface area (Å²) in [6.07, 6.45) is 0.753. The smallest absolute Gasteiger partial charge is 0.254 e. The molecule has 1 aromatic heterocycles.